The molecule has 6 heteroatoms. The van der Waals surface area contributed by atoms with Crippen LogP contribution in [-0.4, -0.2) is 14.5 Å². The monoisotopic (exact) mass is 311 g/mol. The Morgan fingerprint density at radius 2 is 1.57 bits per heavy atom. The Morgan fingerprint density at radius 3 is 2.10 bits per heavy atom. The minimum atomic E-state index is -3.97. The zero-order valence-corrected chi connectivity index (χ0v) is 12.4. The van der Waals surface area contributed by atoms with Crippen LogP contribution in [0.1, 0.15) is 13.8 Å². The van der Waals surface area contributed by atoms with Gasteiger partial charge in [0.2, 0.25) is 0 Å². The van der Waals surface area contributed by atoms with E-state index in [1.54, 1.807) is 44.2 Å². The maximum absolute atomic E-state index is 13.3. The second-order valence-corrected chi connectivity index (χ2v) is 6.62. The van der Waals surface area contributed by atoms with Gasteiger partial charge < -0.3 is 0 Å². The average Bonchev–Trinajstić information content (AvgIpc) is 2.42. The maximum Gasteiger partial charge on any atom is 0.264 e. The largest absolute Gasteiger partial charge is 0.264 e. The number of benzene rings is 2. The summed E-state index contributed by atoms with van der Waals surface area (Å²) in [6, 6.07) is 10.7. The fraction of sp³-hybridized carbons (Fsp3) is 0.200. The third-order valence-electron chi connectivity index (χ3n) is 2.93. The first-order valence-electron chi connectivity index (χ1n) is 6.38. The van der Waals surface area contributed by atoms with Gasteiger partial charge in [0.1, 0.15) is 0 Å². The predicted octanol–water partition coefficient (Wildman–Crippen LogP) is 3.57. The SMILES string of the molecule is CC(C)N(c1ccccc1)S(=O)(=O)c1ccc(F)c(F)c1. The van der Waals surface area contributed by atoms with Crippen LogP contribution in [0, 0.1) is 11.6 Å². The molecule has 0 unspecified atom stereocenters. The van der Waals surface area contributed by atoms with E-state index in [0.717, 1.165) is 12.1 Å². The summed E-state index contributed by atoms with van der Waals surface area (Å²) < 4.78 is 52.8. The molecule has 0 aromatic heterocycles. The van der Waals surface area contributed by atoms with Crippen molar-refractivity contribution in [3.63, 3.8) is 0 Å². The molecule has 0 aliphatic heterocycles. The molecule has 112 valence electrons. The first-order valence-corrected chi connectivity index (χ1v) is 7.82. The fourth-order valence-electron chi connectivity index (χ4n) is 2.04. The van der Waals surface area contributed by atoms with Crippen molar-refractivity contribution in [3.8, 4) is 0 Å². The lowest BCUT2D eigenvalue weighted by atomic mass is 10.3. The predicted molar refractivity (Wildman–Crippen MR) is 77.6 cm³/mol. The van der Waals surface area contributed by atoms with E-state index in [-0.39, 0.29) is 10.9 Å². The van der Waals surface area contributed by atoms with Crippen molar-refractivity contribution in [1.29, 1.82) is 0 Å². The number of sulfonamides is 1. The van der Waals surface area contributed by atoms with E-state index in [1.165, 1.54) is 4.31 Å². The van der Waals surface area contributed by atoms with Crippen molar-refractivity contribution in [2.45, 2.75) is 24.8 Å². The molecule has 0 atom stereocenters. The van der Waals surface area contributed by atoms with Crippen LogP contribution >= 0.6 is 0 Å². The first-order chi connectivity index (χ1) is 9.84. The lowest BCUT2D eigenvalue weighted by Gasteiger charge is -2.28. The van der Waals surface area contributed by atoms with Crippen LogP contribution in [0.3, 0.4) is 0 Å². The molecule has 21 heavy (non-hydrogen) atoms. The van der Waals surface area contributed by atoms with Gasteiger partial charge in [-0.2, -0.15) is 0 Å². The molecule has 0 bridgehead atoms. The molecular weight excluding hydrogens is 296 g/mol. The second kappa shape index (κ2) is 5.81. The number of hydrogen-bond acceptors (Lipinski definition) is 2. The van der Waals surface area contributed by atoms with E-state index in [2.05, 4.69) is 0 Å². The Kier molecular flexibility index (Phi) is 4.27. The minimum Gasteiger partial charge on any atom is -0.264 e. The smallest absolute Gasteiger partial charge is 0.264 e. The van der Waals surface area contributed by atoms with Crippen molar-refractivity contribution in [3.05, 3.63) is 60.2 Å². The standard InChI is InChI=1S/C15H15F2NO2S/c1-11(2)18(12-6-4-3-5-7-12)21(19,20)13-8-9-14(16)15(17)10-13/h3-11H,1-2H3. The summed E-state index contributed by atoms with van der Waals surface area (Å²) in [5, 5.41) is 0. The molecule has 0 amide bonds. The number of para-hydroxylation sites is 1. The molecule has 0 fully saturated rings. The molecule has 0 heterocycles. The molecule has 0 radical (unpaired) electrons. The zero-order chi connectivity index (χ0) is 15.6. The lowest BCUT2D eigenvalue weighted by Crippen LogP contribution is -2.37. The Morgan fingerprint density at radius 1 is 0.952 bits per heavy atom. The van der Waals surface area contributed by atoms with Crippen LogP contribution in [-0.2, 0) is 10.0 Å². The molecule has 0 saturated carbocycles. The Hall–Kier alpha value is -1.95. The van der Waals surface area contributed by atoms with Crippen molar-refractivity contribution < 1.29 is 17.2 Å². The summed E-state index contributed by atoms with van der Waals surface area (Å²) in [4.78, 5) is -0.279. The molecule has 2 aromatic carbocycles. The first kappa shape index (κ1) is 15.4. The highest BCUT2D eigenvalue weighted by atomic mass is 32.2. The molecule has 2 aromatic rings. The molecule has 2 rings (SSSR count). The molecular formula is C15H15F2NO2S. The van der Waals surface area contributed by atoms with Gasteiger partial charge in [0.25, 0.3) is 10.0 Å². The lowest BCUT2D eigenvalue weighted by molar-refractivity contribution is 0.504. The Bertz CT molecular complexity index is 731. The highest BCUT2D eigenvalue weighted by Crippen LogP contribution is 2.26. The maximum atomic E-state index is 13.3. The molecule has 0 N–H and O–H groups in total. The van der Waals surface area contributed by atoms with Crippen LogP contribution < -0.4 is 4.31 Å². The summed E-state index contributed by atoms with van der Waals surface area (Å²) in [6.45, 7) is 3.43. The average molecular weight is 311 g/mol. The van der Waals surface area contributed by atoms with Gasteiger partial charge in [-0.3, -0.25) is 4.31 Å². The van der Waals surface area contributed by atoms with Crippen LogP contribution in [0.2, 0.25) is 0 Å². The number of hydrogen-bond donors (Lipinski definition) is 0. The Labute approximate surface area is 122 Å². The van der Waals surface area contributed by atoms with Gasteiger partial charge in [-0.15, -0.1) is 0 Å². The molecule has 0 aliphatic rings. The van der Waals surface area contributed by atoms with Crippen molar-refractivity contribution >= 4 is 15.7 Å². The topological polar surface area (TPSA) is 37.4 Å². The van der Waals surface area contributed by atoms with Crippen molar-refractivity contribution in [2.24, 2.45) is 0 Å². The van der Waals surface area contributed by atoms with Gasteiger partial charge in [-0.25, -0.2) is 17.2 Å². The molecule has 0 aliphatic carbocycles. The van der Waals surface area contributed by atoms with Crippen LogP contribution in [0.25, 0.3) is 0 Å². The van der Waals surface area contributed by atoms with E-state index < -0.39 is 21.7 Å². The van der Waals surface area contributed by atoms with E-state index in [4.69, 9.17) is 0 Å². The third kappa shape index (κ3) is 3.05. The van der Waals surface area contributed by atoms with Crippen molar-refractivity contribution in [2.75, 3.05) is 4.31 Å². The van der Waals surface area contributed by atoms with Crippen LogP contribution in [0.15, 0.2) is 53.4 Å². The highest BCUT2D eigenvalue weighted by molar-refractivity contribution is 7.92. The van der Waals surface area contributed by atoms with Gasteiger partial charge >= 0.3 is 0 Å². The number of halogens is 2. The fourth-order valence-corrected chi connectivity index (χ4v) is 3.71. The van der Waals surface area contributed by atoms with Gasteiger partial charge in [0.05, 0.1) is 10.6 Å². The van der Waals surface area contributed by atoms with Crippen LogP contribution in [0.4, 0.5) is 14.5 Å². The summed E-state index contributed by atoms with van der Waals surface area (Å²) in [5.41, 5.74) is 0.470. The quantitative estimate of drug-likeness (QED) is 0.865. The zero-order valence-electron chi connectivity index (χ0n) is 11.6. The van der Waals surface area contributed by atoms with Gasteiger partial charge in [0, 0.05) is 6.04 Å². The summed E-state index contributed by atoms with van der Waals surface area (Å²) in [5.74, 6) is -2.27. The highest BCUT2D eigenvalue weighted by Gasteiger charge is 2.28. The third-order valence-corrected chi connectivity index (χ3v) is 4.93. The van der Waals surface area contributed by atoms with Crippen molar-refractivity contribution in [1.82, 2.24) is 0 Å². The summed E-state index contributed by atoms with van der Waals surface area (Å²) in [6.07, 6.45) is 0. The number of nitrogens with zero attached hydrogens (tertiary/aromatic N) is 1. The summed E-state index contributed by atoms with van der Waals surface area (Å²) in [7, 11) is -3.97. The number of rotatable bonds is 4. The Balaban J connectivity index is 2.56. The summed E-state index contributed by atoms with van der Waals surface area (Å²) >= 11 is 0. The molecule has 0 saturated heterocycles. The van der Waals surface area contributed by atoms with Gasteiger partial charge in [0.15, 0.2) is 11.6 Å². The van der Waals surface area contributed by atoms with E-state index >= 15 is 0 Å². The van der Waals surface area contributed by atoms with Gasteiger partial charge in [-0.05, 0) is 44.2 Å². The van der Waals surface area contributed by atoms with E-state index in [1.807, 2.05) is 0 Å². The normalized spacial score (nSPS) is 11.7. The minimum absolute atomic E-state index is 0.279. The molecule has 3 nitrogen and oxygen atoms in total. The van der Waals surface area contributed by atoms with E-state index in [0.29, 0.717) is 11.8 Å². The van der Waals surface area contributed by atoms with Crippen LogP contribution in [0.5, 0.6) is 0 Å². The number of anilines is 1. The second-order valence-electron chi connectivity index (χ2n) is 4.81. The van der Waals surface area contributed by atoms with E-state index in [9.17, 15) is 17.2 Å². The molecule has 0 spiro atoms. The van der Waals surface area contributed by atoms with Gasteiger partial charge in [-0.1, -0.05) is 18.2 Å².